The van der Waals surface area contributed by atoms with Crippen LogP contribution in [0.25, 0.3) is 10.9 Å². The molecule has 0 saturated carbocycles. The van der Waals surface area contributed by atoms with Gasteiger partial charge in [0.1, 0.15) is 5.82 Å². The number of fused-ring (bicyclic) bond motifs is 2. The Morgan fingerprint density at radius 3 is 2.54 bits per heavy atom. The Morgan fingerprint density at radius 2 is 1.76 bits per heavy atom. The van der Waals surface area contributed by atoms with E-state index in [0.717, 1.165) is 65.2 Å². The first-order valence-electron chi connectivity index (χ1n) is 12.5. The van der Waals surface area contributed by atoms with Crippen LogP contribution >= 0.6 is 0 Å². The van der Waals surface area contributed by atoms with Crippen LogP contribution in [0.3, 0.4) is 0 Å². The van der Waals surface area contributed by atoms with Crippen molar-refractivity contribution in [3.05, 3.63) is 83.9 Å². The van der Waals surface area contributed by atoms with Gasteiger partial charge in [0.25, 0.3) is 0 Å². The third-order valence-corrected chi connectivity index (χ3v) is 6.79. The van der Waals surface area contributed by atoms with E-state index in [2.05, 4.69) is 22.3 Å². The van der Waals surface area contributed by atoms with Gasteiger partial charge in [-0.25, -0.2) is 4.98 Å². The summed E-state index contributed by atoms with van der Waals surface area (Å²) in [6.45, 7) is 1.86. The zero-order chi connectivity index (χ0) is 25.8. The number of nitrogens with zero attached hydrogens (tertiary/aromatic N) is 3. The van der Waals surface area contributed by atoms with E-state index in [1.807, 2.05) is 72.6 Å². The van der Waals surface area contributed by atoms with Crippen molar-refractivity contribution >= 4 is 34.0 Å². The summed E-state index contributed by atoms with van der Waals surface area (Å²) in [6.07, 6.45) is 1.62. The first-order valence-corrected chi connectivity index (χ1v) is 12.5. The fourth-order valence-electron chi connectivity index (χ4n) is 4.89. The molecule has 0 unspecified atom stereocenters. The molecule has 1 aliphatic heterocycles. The van der Waals surface area contributed by atoms with Crippen molar-refractivity contribution in [2.45, 2.75) is 12.8 Å². The minimum Gasteiger partial charge on any atom is -0.493 e. The summed E-state index contributed by atoms with van der Waals surface area (Å²) in [5, 5.41) is 4.21. The lowest BCUT2D eigenvalue weighted by atomic mass is 10.1. The molecule has 3 aromatic carbocycles. The molecule has 4 aromatic rings. The predicted octanol–water partition coefficient (Wildman–Crippen LogP) is 5.06. The number of benzene rings is 3. The molecule has 1 N–H and O–H groups in total. The van der Waals surface area contributed by atoms with Gasteiger partial charge in [0.2, 0.25) is 5.91 Å². The molecule has 0 atom stereocenters. The van der Waals surface area contributed by atoms with E-state index in [0.29, 0.717) is 18.0 Å². The number of hydrogen-bond donors (Lipinski definition) is 1. The van der Waals surface area contributed by atoms with E-state index in [-0.39, 0.29) is 5.91 Å². The number of amides is 1. The topological polar surface area (TPSA) is 66.9 Å². The van der Waals surface area contributed by atoms with Crippen molar-refractivity contribution in [3.63, 3.8) is 0 Å². The summed E-state index contributed by atoms with van der Waals surface area (Å²) in [5.74, 6) is 2.30. The van der Waals surface area contributed by atoms with Crippen molar-refractivity contribution in [2.75, 3.05) is 51.1 Å². The van der Waals surface area contributed by atoms with Gasteiger partial charge in [0, 0.05) is 29.7 Å². The molecule has 7 nitrogen and oxygen atoms in total. The van der Waals surface area contributed by atoms with Gasteiger partial charge in [-0.05, 0) is 55.8 Å². The van der Waals surface area contributed by atoms with Gasteiger partial charge in [-0.3, -0.25) is 9.69 Å². The number of carbonyl (C=O) groups is 1. The molecule has 190 valence electrons. The van der Waals surface area contributed by atoms with Crippen molar-refractivity contribution in [3.8, 4) is 11.5 Å². The fraction of sp³-hybridized carbons (Fsp3) is 0.267. The normalized spacial score (nSPS) is 12.6. The second kappa shape index (κ2) is 10.9. The van der Waals surface area contributed by atoms with Crippen LogP contribution in [-0.2, 0) is 17.6 Å². The Hall–Kier alpha value is -4.10. The highest BCUT2D eigenvalue weighted by Gasteiger charge is 2.27. The lowest BCUT2D eigenvalue weighted by Gasteiger charge is -2.21. The molecule has 2 heterocycles. The molecule has 0 spiro atoms. The molecule has 1 aromatic heterocycles. The number of carbonyl (C=O) groups excluding carboxylic acids is 1. The van der Waals surface area contributed by atoms with E-state index in [1.165, 1.54) is 0 Å². The largest absolute Gasteiger partial charge is 0.493 e. The summed E-state index contributed by atoms with van der Waals surface area (Å²) in [5.41, 5.74) is 5.07. The molecule has 0 radical (unpaired) electrons. The molecular weight excluding hydrogens is 464 g/mol. The average molecular weight is 497 g/mol. The Morgan fingerprint density at radius 1 is 1.00 bits per heavy atom. The summed E-state index contributed by atoms with van der Waals surface area (Å²) in [7, 11) is 5.23. The lowest BCUT2D eigenvalue weighted by Crippen LogP contribution is -2.32. The number of para-hydroxylation sites is 2. The first kappa shape index (κ1) is 24.6. The van der Waals surface area contributed by atoms with Crippen LogP contribution in [0.2, 0.25) is 0 Å². The maximum absolute atomic E-state index is 13.2. The monoisotopic (exact) mass is 496 g/mol. The molecule has 0 aliphatic carbocycles. The van der Waals surface area contributed by atoms with Gasteiger partial charge in [-0.2, -0.15) is 0 Å². The standard InChI is InChI=1S/C30H32N4O3/c1-33(17-15-21-13-14-26(36-2)27(19-21)37-3)20-28(35)32-29-23-11-7-8-12-25(23)31-30-24(29)16-18-34(30)22-9-5-4-6-10-22/h4-14,19H,15-18,20H2,1-3H3,(H,31,32,35). The highest BCUT2D eigenvalue weighted by Crippen LogP contribution is 2.40. The smallest absolute Gasteiger partial charge is 0.238 e. The molecule has 0 fully saturated rings. The first-order chi connectivity index (χ1) is 18.1. The second-order valence-corrected chi connectivity index (χ2v) is 9.27. The van der Waals surface area contributed by atoms with E-state index in [9.17, 15) is 4.79 Å². The van der Waals surface area contributed by atoms with Gasteiger partial charge < -0.3 is 19.7 Å². The van der Waals surface area contributed by atoms with Gasteiger partial charge in [-0.15, -0.1) is 0 Å². The second-order valence-electron chi connectivity index (χ2n) is 9.27. The quantitative estimate of drug-likeness (QED) is 0.349. The Kier molecular flexibility index (Phi) is 7.23. The summed E-state index contributed by atoms with van der Waals surface area (Å²) in [6, 6.07) is 24.2. The molecule has 1 aliphatic rings. The van der Waals surface area contributed by atoms with E-state index < -0.39 is 0 Å². The molecule has 5 rings (SSSR count). The summed E-state index contributed by atoms with van der Waals surface area (Å²) in [4.78, 5) is 22.4. The van der Waals surface area contributed by atoms with Gasteiger partial charge in [-0.1, -0.05) is 42.5 Å². The summed E-state index contributed by atoms with van der Waals surface area (Å²) < 4.78 is 10.7. The average Bonchev–Trinajstić information content (AvgIpc) is 3.36. The van der Waals surface area contributed by atoms with Crippen molar-refractivity contribution in [1.29, 1.82) is 0 Å². The number of methoxy groups -OCH3 is 2. The number of aromatic nitrogens is 1. The van der Waals surface area contributed by atoms with Crippen molar-refractivity contribution in [2.24, 2.45) is 0 Å². The number of likely N-dealkylation sites (N-methyl/N-ethyl adjacent to an activating group) is 1. The molecule has 7 heteroatoms. The molecular formula is C30H32N4O3. The molecule has 37 heavy (non-hydrogen) atoms. The van der Waals surface area contributed by atoms with Crippen LogP contribution in [0.4, 0.5) is 17.2 Å². The van der Waals surface area contributed by atoms with Crippen LogP contribution in [0, 0.1) is 0 Å². The van der Waals surface area contributed by atoms with Crippen molar-refractivity contribution in [1.82, 2.24) is 9.88 Å². The Balaban J connectivity index is 1.31. The third kappa shape index (κ3) is 5.22. The lowest BCUT2D eigenvalue weighted by molar-refractivity contribution is -0.117. The predicted molar refractivity (Wildman–Crippen MR) is 148 cm³/mol. The fourth-order valence-corrected chi connectivity index (χ4v) is 4.89. The van der Waals surface area contributed by atoms with E-state index in [4.69, 9.17) is 14.5 Å². The minimum absolute atomic E-state index is 0.0356. The Labute approximate surface area is 217 Å². The van der Waals surface area contributed by atoms with Gasteiger partial charge >= 0.3 is 0 Å². The van der Waals surface area contributed by atoms with Gasteiger partial charge in [0.05, 0.1) is 32.0 Å². The molecule has 0 saturated heterocycles. The number of rotatable bonds is 9. The highest BCUT2D eigenvalue weighted by atomic mass is 16.5. The Bertz CT molecular complexity index is 1410. The number of anilines is 3. The van der Waals surface area contributed by atoms with Gasteiger partial charge in [0.15, 0.2) is 11.5 Å². The molecule has 1 amide bonds. The highest BCUT2D eigenvalue weighted by molar-refractivity contribution is 6.05. The maximum Gasteiger partial charge on any atom is 0.238 e. The van der Waals surface area contributed by atoms with Crippen LogP contribution in [0.1, 0.15) is 11.1 Å². The minimum atomic E-state index is -0.0356. The third-order valence-electron chi connectivity index (χ3n) is 6.79. The maximum atomic E-state index is 13.2. The van der Waals surface area contributed by atoms with Crippen molar-refractivity contribution < 1.29 is 14.3 Å². The SMILES string of the molecule is COc1ccc(CCN(C)CC(=O)Nc2c3c(nc4ccccc24)N(c2ccccc2)CC3)cc1OC. The summed E-state index contributed by atoms with van der Waals surface area (Å²) >= 11 is 0. The zero-order valence-corrected chi connectivity index (χ0v) is 21.5. The van der Waals surface area contributed by atoms with Crippen LogP contribution in [0.5, 0.6) is 11.5 Å². The number of ether oxygens (including phenoxy) is 2. The number of pyridine rings is 1. The van der Waals surface area contributed by atoms with Crippen LogP contribution in [0.15, 0.2) is 72.8 Å². The van der Waals surface area contributed by atoms with Crippen LogP contribution < -0.4 is 19.7 Å². The zero-order valence-electron chi connectivity index (χ0n) is 21.5. The molecule has 0 bridgehead atoms. The number of nitrogens with one attached hydrogen (secondary N) is 1. The van der Waals surface area contributed by atoms with E-state index >= 15 is 0 Å². The van der Waals surface area contributed by atoms with E-state index in [1.54, 1.807) is 14.2 Å². The number of hydrogen-bond acceptors (Lipinski definition) is 6. The van der Waals surface area contributed by atoms with Crippen LogP contribution in [-0.4, -0.2) is 56.7 Å².